The van der Waals surface area contributed by atoms with Crippen molar-refractivity contribution in [2.75, 3.05) is 38.4 Å². The number of nitrogens with zero attached hydrogens (tertiary/aromatic N) is 1. The standard InChI is InChI=1S/C12H24N2O5S/c1-19-7-2-3-11(13)12(16)14(5-6-15)10-4-8-20(17,18)9-10/h10-11,15H,2-9,13H2,1H3. The van der Waals surface area contributed by atoms with E-state index in [1.54, 1.807) is 7.11 Å². The molecule has 0 spiro atoms. The van der Waals surface area contributed by atoms with Crippen molar-refractivity contribution in [3.8, 4) is 0 Å². The second kappa shape index (κ2) is 7.92. The molecule has 1 amide bonds. The fraction of sp³-hybridized carbons (Fsp3) is 0.917. The monoisotopic (exact) mass is 308 g/mol. The quantitative estimate of drug-likeness (QED) is 0.542. The Kier molecular flexibility index (Phi) is 6.87. The number of aliphatic hydroxyl groups excluding tert-OH is 1. The van der Waals surface area contributed by atoms with Crippen LogP contribution < -0.4 is 5.73 Å². The first-order valence-electron chi connectivity index (χ1n) is 6.77. The summed E-state index contributed by atoms with van der Waals surface area (Å²) in [5.74, 6) is -0.243. The van der Waals surface area contributed by atoms with Gasteiger partial charge in [0.1, 0.15) is 0 Å². The van der Waals surface area contributed by atoms with E-state index in [1.807, 2.05) is 0 Å². The summed E-state index contributed by atoms with van der Waals surface area (Å²) in [4.78, 5) is 13.7. The van der Waals surface area contributed by atoms with Gasteiger partial charge >= 0.3 is 0 Å². The number of aliphatic hydroxyl groups is 1. The van der Waals surface area contributed by atoms with Crippen LogP contribution in [0.15, 0.2) is 0 Å². The molecule has 8 heteroatoms. The highest BCUT2D eigenvalue weighted by Crippen LogP contribution is 2.18. The molecular formula is C12H24N2O5S. The van der Waals surface area contributed by atoms with Crippen molar-refractivity contribution < 1.29 is 23.1 Å². The van der Waals surface area contributed by atoms with Crippen molar-refractivity contribution in [1.82, 2.24) is 4.90 Å². The lowest BCUT2D eigenvalue weighted by molar-refractivity contribution is -0.135. The Morgan fingerprint density at radius 1 is 1.55 bits per heavy atom. The first-order chi connectivity index (χ1) is 9.41. The van der Waals surface area contributed by atoms with Gasteiger partial charge in [-0.2, -0.15) is 0 Å². The summed E-state index contributed by atoms with van der Waals surface area (Å²) in [7, 11) is -1.50. The van der Waals surface area contributed by atoms with Crippen LogP contribution in [0, 0.1) is 0 Å². The summed E-state index contributed by atoms with van der Waals surface area (Å²) in [6, 6.07) is -1.05. The number of carbonyl (C=O) groups is 1. The Morgan fingerprint density at radius 3 is 2.75 bits per heavy atom. The fourth-order valence-electron chi connectivity index (χ4n) is 2.39. The zero-order valence-corrected chi connectivity index (χ0v) is 12.6. The van der Waals surface area contributed by atoms with E-state index >= 15 is 0 Å². The molecule has 118 valence electrons. The van der Waals surface area contributed by atoms with Crippen LogP contribution in [0.5, 0.6) is 0 Å². The number of rotatable bonds is 8. The van der Waals surface area contributed by atoms with Gasteiger partial charge in [-0.05, 0) is 19.3 Å². The molecule has 0 aromatic heterocycles. The number of hydrogen-bond acceptors (Lipinski definition) is 6. The Hall–Kier alpha value is -0.700. The maximum atomic E-state index is 12.3. The lowest BCUT2D eigenvalue weighted by atomic mass is 10.1. The zero-order chi connectivity index (χ0) is 15.2. The highest BCUT2D eigenvalue weighted by atomic mass is 32.2. The fourth-order valence-corrected chi connectivity index (χ4v) is 4.12. The van der Waals surface area contributed by atoms with Gasteiger partial charge in [0.15, 0.2) is 9.84 Å². The largest absolute Gasteiger partial charge is 0.395 e. The van der Waals surface area contributed by atoms with Crippen LogP contribution in [0.25, 0.3) is 0 Å². The molecule has 1 heterocycles. The second-order valence-electron chi connectivity index (χ2n) is 5.05. The molecule has 0 aromatic rings. The van der Waals surface area contributed by atoms with Crippen molar-refractivity contribution >= 4 is 15.7 Å². The number of carbonyl (C=O) groups excluding carboxylic acids is 1. The summed E-state index contributed by atoms with van der Waals surface area (Å²) < 4.78 is 27.9. The smallest absolute Gasteiger partial charge is 0.239 e. The minimum atomic E-state index is -3.08. The van der Waals surface area contributed by atoms with Crippen molar-refractivity contribution in [3.63, 3.8) is 0 Å². The molecule has 7 nitrogen and oxygen atoms in total. The average Bonchev–Trinajstić information content (AvgIpc) is 2.75. The van der Waals surface area contributed by atoms with Gasteiger partial charge in [-0.1, -0.05) is 0 Å². The summed E-state index contributed by atoms with van der Waals surface area (Å²) in [5.41, 5.74) is 5.85. The summed E-state index contributed by atoms with van der Waals surface area (Å²) in [6.45, 7) is 0.447. The van der Waals surface area contributed by atoms with E-state index in [0.29, 0.717) is 25.9 Å². The summed E-state index contributed by atoms with van der Waals surface area (Å²) >= 11 is 0. The first-order valence-corrected chi connectivity index (χ1v) is 8.59. The SMILES string of the molecule is COCCCC(N)C(=O)N(CCO)C1CCS(=O)(=O)C1. The lowest BCUT2D eigenvalue weighted by Crippen LogP contribution is -2.50. The predicted octanol–water partition coefficient (Wildman–Crippen LogP) is -1.25. The minimum absolute atomic E-state index is 0.0382. The van der Waals surface area contributed by atoms with Crippen LogP contribution in [0.3, 0.4) is 0 Å². The van der Waals surface area contributed by atoms with Crippen molar-refractivity contribution in [2.45, 2.75) is 31.3 Å². The summed E-state index contributed by atoms with van der Waals surface area (Å²) in [5, 5.41) is 9.07. The molecule has 2 atom stereocenters. The van der Waals surface area contributed by atoms with E-state index in [2.05, 4.69) is 0 Å². The van der Waals surface area contributed by atoms with Crippen LogP contribution in [0.2, 0.25) is 0 Å². The highest BCUT2D eigenvalue weighted by Gasteiger charge is 2.35. The van der Waals surface area contributed by atoms with Crippen LogP contribution in [-0.4, -0.2) is 74.8 Å². The molecule has 0 saturated carbocycles. The topological polar surface area (TPSA) is 110 Å². The highest BCUT2D eigenvalue weighted by molar-refractivity contribution is 7.91. The van der Waals surface area contributed by atoms with Crippen molar-refractivity contribution in [3.05, 3.63) is 0 Å². The third kappa shape index (κ3) is 5.01. The molecule has 0 aliphatic carbocycles. The third-order valence-corrected chi connectivity index (χ3v) is 5.20. The summed E-state index contributed by atoms with van der Waals surface area (Å²) in [6.07, 6.45) is 1.56. The lowest BCUT2D eigenvalue weighted by Gasteiger charge is -2.30. The van der Waals surface area contributed by atoms with E-state index in [4.69, 9.17) is 15.6 Å². The number of hydrogen-bond donors (Lipinski definition) is 2. The molecule has 0 radical (unpaired) electrons. The van der Waals surface area contributed by atoms with Gasteiger partial charge in [-0.25, -0.2) is 8.42 Å². The Labute approximate surface area is 120 Å². The van der Waals surface area contributed by atoms with E-state index < -0.39 is 15.9 Å². The minimum Gasteiger partial charge on any atom is -0.395 e. The number of sulfone groups is 1. The Morgan fingerprint density at radius 2 is 2.25 bits per heavy atom. The third-order valence-electron chi connectivity index (χ3n) is 3.45. The number of ether oxygens (including phenoxy) is 1. The van der Waals surface area contributed by atoms with Crippen molar-refractivity contribution in [2.24, 2.45) is 5.73 Å². The zero-order valence-electron chi connectivity index (χ0n) is 11.8. The van der Waals surface area contributed by atoms with E-state index in [9.17, 15) is 13.2 Å². The van der Waals surface area contributed by atoms with Crippen LogP contribution in [0.4, 0.5) is 0 Å². The van der Waals surface area contributed by atoms with Crippen molar-refractivity contribution in [1.29, 1.82) is 0 Å². The predicted molar refractivity (Wildman–Crippen MR) is 74.9 cm³/mol. The van der Waals surface area contributed by atoms with E-state index in [1.165, 1.54) is 4.90 Å². The number of methoxy groups -OCH3 is 1. The Bertz CT molecular complexity index is 412. The average molecular weight is 308 g/mol. The van der Waals surface area contributed by atoms with Gasteiger partial charge in [0.2, 0.25) is 5.91 Å². The van der Waals surface area contributed by atoms with E-state index in [0.717, 1.165) is 0 Å². The number of nitrogens with two attached hydrogens (primary N) is 1. The van der Waals surface area contributed by atoms with Gasteiger partial charge < -0.3 is 20.5 Å². The molecule has 1 aliphatic rings. The molecule has 1 saturated heterocycles. The molecule has 20 heavy (non-hydrogen) atoms. The molecule has 0 bridgehead atoms. The van der Waals surface area contributed by atoms with Gasteiger partial charge in [-0.15, -0.1) is 0 Å². The van der Waals surface area contributed by atoms with Gasteiger partial charge in [-0.3, -0.25) is 4.79 Å². The molecule has 0 aromatic carbocycles. The van der Waals surface area contributed by atoms with Gasteiger partial charge in [0.05, 0.1) is 24.2 Å². The first kappa shape index (κ1) is 17.4. The molecule has 2 unspecified atom stereocenters. The maximum absolute atomic E-state index is 12.3. The number of amides is 1. The van der Waals surface area contributed by atoms with Crippen LogP contribution in [-0.2, 0) is 19.4 Å². The van der Waals surface area contributed by atoms with Crippen LogP contribution >= 0.6 is 0 Å². The van der Waals surface area contributed by atoms with E-state index in [-0.39, 0.29) is 36.6 Å². The molecule has 3 N–H and O–H groups in total. The second-order valence-corrected chi connectivity index (χ2v) is 7.28. The van der Waals surface area contributed by atoms with Gasteiger partial charge in [0, 0.05) is 26.3 Å². The van der Waals surface area contributed by atoms with Crippen LogP contribution in [0.1, 0.15) is 19.3 Å². The molecule has 1 fully saturated rings. The Balaban J connectivity index is 2.63. The van der Waals surface area contributed by atoms with Gasteiger partial charge in [0.25, 0.3) is 0 Å². The molecule has 1 rings (SSSR count). The molecule has 1 aliphatic heterocycles. The maximum Gasteiger partial charge on any atom is 0.239 e. The normalized spacial score (nSPS) is 22.6. The molecular weight excluding hydrogens is 284 g/mol.